The van der Waals surface area contributed by atoms with E-state index in [0.717, 1.165) is 0 Å². The molecule has 0 saturated carbocycles. The largest absolute Gasteiger partial charge is 0.477 e. The van der Waals surface area contributed by atoms with E-state index in [1.165, 1.54) is 44.4 Å². The van der Waals surface area contributed by atoms with E-state index in [9.17, 15) is 9.59 Å². The first-order valence-corrected chi connectivity index (χ1v) is 7.68. The summed E-state index contributed by atoms with van der Waals surface area (Å²) >= 11 is 11.8. The smallest absolute Gasteiger partial charge is 0.352 e. The first-order chi connectivity index (χ1) is 11.4. The Morgan fingerprint density at radius 3 is 2.29 bits per heavy atom. The van der Waals surface area contributed by atoms with Crippen LogP contribution in [0.3, 0.4) is 0 Å². The molecular weight excluding hydrogens is 355 g/mol. The van der Waals surface area contributed by atoms with Gasteiger partial charge in [0.15, 0.2) is 6.10 Å². The fraction of sp³-hybridized carbons (Fsp3) is 0.176. The van der Waals surface area contributed by atoms with Crippen molar-refractivity contribution in [3.8, 4) is 11.5 Å². The highest BCUT2D eigenvalue weighted by Crippen LogP contribution is 2.28. The van der Waals surface area contributed by atoms with Crippen molar-refractivity contribution in [2.75, 3.05) is 7.11 Å². The first-order valence-electron chi connectivity index (χ1n) is 6.92. The van der Waals surface area contributed by atoms with Gasteiger partial charge in [-0.15, -0.1) is 0 Å². The van der Waals surface area contributed by atoms with Gasteiger partial charge in [-0.1, -0.05) is 23.2 Å². The molecule has 0 saturated heterocycles. The molecule has 5 nitrogen and oxygen atoms in total. The second-order valence-electron chi connectivity index (χ2n) is 4.77. The van der Waals surface area contributed by atoms with Crippen LogP contribution in [0.1, 0.15) is 17.3 Å². The molecule has 0 aliphatic carbocycles. The highest BCUT2D eigenvalue weighted by Gasteiger charge is 2.19. The van der Waals surface area contributed by atoms with Crippen molar-refractivity contribution in [3.63, 3.8) is 0 Å². The highest BCUT2D eigenvalue weighted by atomic mass is 35.5. The van der Waals surface area contributed by atoms with Gasteiger partial charge >= 0.3 is 11.9 Å². The van der Waals surface area contributed by atoms with Crippen molar-refractivity contribution in [3.05, 3.63) is 58.1 Å². The van der Waals surface area contributed by atoms with Crippen LogP contribution < -0.4 is 9.47 Å². The highest BCUT2D eigenvalue weighted by molar-refractivity contribution is 6.35. The molecule has 0 aliphatic rings. The number of hydrogen-bond acceptors (Lipinski definition) is 5. The van der Waals surface area contributed by atoms with Crippen molar-refractivity contribution in [2.24, 2.45) is 0 Å². The van der Waals surface area contributed by atoms with Crippen LogP contribution in [0.2, 0.25) is 10.0 Å². The average molecular weight is 369 g/mol. The standard InChI is InChI=1S/C17H14Cl2O5/c1-10(23-15-8-5-12(18)9-14(15)19)16(20)24-13-6-3-11(4-7-13)17(21)22-2/h3-10H,1-2H3/t10-/m0/s1. The molecule has 2 rings (SSSR count). The van der Waals surface area contributed by atoms with E-state index in [4.69, 9.17) is 32.7 Å². The summed E-state index contributed by atoms with van der Waals surface area (Å²) in [6, 6.07) is 10.7. The summed E-state index contributed by atoms with van der Waals surface area (Å²) in [6.45, 7) is 1.54. The third kappa shape index (κ3) is 4.63. The topological polar surface area (TPSA) is 61.8 Å². The molecule has 0 heterocycles. The summed E-state index contributed by atoms with van der Waals surface area (Å²) < 4.78 is 15.3. The minimum atomic E-state index is -0.885. The van der Waals surface area contributed by atoms with Crippen molar-refractivity contribution in [1.82, 2.24) is 0 Å². The van der Waals surface area contributed by atoms with E-state index in [1.54, 1.807) is 12.1 Å². The molecule has 0 aliphatic heterocycles. The van der Waals surface area contributed by atoms with E-state index in [2.05, 4.69) is 4.74 Å². The summed E-state index contributed by atoms with van der Waals surface area (Å²) in [7, 11) is 1.29. The molecule has 0 aromatic heterocycles. The molecule has 0 radical (unpaired) electrons. The van der Waals surface area contributed by atoms with Crippen molar-refractivity contribution < 1.29 is 23.8 Å². The molecule has 2 aromatic carbocycles. The summed E-state index contributed by atoms with van der Waals surface area (Å²) in [5.41, 5.74) is 0.356. The summed E-state index contributed by atoms with van der Waals surface area (Å²) in [6.07, 6.45) is -0.885. The molecular formula is C17H14Cl2O5. The van der Waals surface area contributed by atoms with Crippen molar-refractivity contribution in [2.45, 2.75) is 13.0 Å². The average Bonchev–Trinajstić information content (AvgIpc) is 2.57. The zero-order chi connectivity index (χ0) is 17.7. The third-order valence-electron chi connectivity index (χ3n) is 3.02. The monoisotopic (exact) mass is 368 g/mol. The Morgan fingerprint density at radius 1 is 1.04 bits per heavy atom. The predicted octanol–water partition coefficient (Wildman–Crippen LogP) is 4.15. The van der Waals surface area contributed by atoms with E-state index >= 15 is 0 Å². The van der Waals surface area contributed by atoms with Crippen LogP contribution in [0.5, 0.6) is 11.5 Å². The number of ether oxygens (including phenoxy) is 3. The van der Waals surface area contributed by atoms with E-state index in [1.807, 2.05) is 0 Å². The van der Waals surface area contributed by atoms with Gasteiger partial charge in [-0.25, -0.2) is 9.59 Å². The molecule has 1 atom stereocenters. The molecule has 0 amide bonds. The third-order valence-corrected chi connectivity index (χ3v) is 3.55. The van der Waals surface area contributed by atoms with Gasteiger partial charge < -0.3 is 14.2 Å². The Kier molecular flexibility index (Phi) is 6.06. The van der Waals surface area contributed by atoms with Crippen LogP contribution in [0, 0.1) is 0 Å². The van der Waals surface area contributed by atoms with Gasteiger partial charge in [0.1, 0.15) is 11.5 Å². The van der Waals surface area contributed by atoms with E-state index < -0.39 is 18.0 Å². The molecule has 2 aromatic rings. The van der Waals surface area contributed by atoms with Gasteiger partial charge in [0.25, 0.3) is 0 Å². The Morgan fingerprint density at radius 2 is 1.71 bits per heavy atom. The minimum absolute atomic E-state index is 0.283. The lowest BCUT2D eigenvalue weighted by atomic mass is 10.2. The second kappa shape index (κ2) is 8.04. The molecule has 24 heavy (non-hydrogen) atoms. The number of hydrogen-bond donors (Lipinski definition) is 0. The number of halogens is 2. The Labute approximate surface area is 149 Å². The fourth-order valence-electron chi connectivity index (χ4n) is 1.79. The van der Waals surface area contributed by atoms with Crippen LogP contribution in [0.15, 0.2) is 42.5 Å². The molecule has 0 fully saturated rings. The second-order valence-corrected chi connectivity index (χ2v) is 5.62. The number of esters is 2. The van der Waals surface area contributed by atoms with Crippen molar-refractivity contribution in [1.29, 1.82) is 0 Å². The van der Waals surface area contributed by atoms with Crippen LogP contribution >= 0.6 is 23.2 Å². The van der Waals surface area contributed by atoms with Gasteiger partial charge in [-0.05, 0) is 49.4 Å². The van der Waals surface area contributed by atoms with E-state index in [-0.39, 0.29) is 5.75 Å². The number of rotatable bonds is 5. The molecule has 0 bridgehead atoms. The van der Waals surface area contributed by atoms with Crippen LogP contribution in [0.25, 0.3) is 0 Å². The Bertz CT molecular complexity index is 743. The quantitative estimate of drug-likeness (QED) is 0.585. The van der Waals surface area contributed by atoms with Gasteiger partial charge in [0, 0.05) is 5.02 Å². The van der Waals surface area contributed by atoms with Crippen molar-refractivity contribution >= 4 is 35.1 Å². The summed E-state index contributed by atoms with van der Waals surface area (Å²) in [5, 5.41) is 0.762. The van der Waals surface area contributed by atoms with Crippen LogP contribution in [-0.2, 0) is 9.53 Å². The van der Waals surface area contributed by atoms with Crippen LogP contribution in [0.4, 0.5) is 0 Å². The number of benzene rings is 2. The maximum Gasteiger partial charge on any atom is 0.352 e. The maximum atomic E-state index is 12.1. The van der Waals surface area contributed by atoms with Crippen LogP contribution in [-0.4, -0.2) is 25.2 Å². The van der Waals surface area contributed by atoms with Gasteiger partial charge in [0.05, 0.1) is 17.7 Å². The number of carbonyl (C=O) groups excluding carboxylic acids is 2. The number of carbonyl (C=O) groups is 2. The Balaban J connectivity index is 1.99. The van der Waals surface area contributed by atoms with Gasteiger partial charge in [-0.3, -0.25) is 0 Å². The molecule has 126 valence electrons. The van der Waals surface area contributed by atoms with E-state index in [0.29, 0.717) is 21.4 Å². The zero-order valence-corrected chi connectivity index (χ0v) is 14.4. The lowest BCUT2D eigenvalue weighted by Crippen LogP contribution is -2.28. The molecule has 0 spiro atoms. The summed E-state index contributed by atoms with van der Waals surface area (Å²) in [4.78, 5) is 23.4. The minimum Gasteiger partial charge on any atom is -0.477 e. The first kappa shape index (κ1) is 18.1. The number of methoxy groups -OCH3 is 1. The zero-order valence-electron chi connectivity index (χ0n) is 12.9. The maximum absolute atomic E-state index is 12.1. The predicted molar refractivity (Wildman–Crippen MR) is 90.0 cm³/mol. The normalized spacial score (nSPS) is 11.5. The van der Waals surface area contributed by atoms with Gasteiger partial charge in [-0.2, -0.15) is 0 Å². The van der Waals surface area contributed by atoms with Gasteiger partial charge in [0.2, 0.25) is 0 Å². The lowest BCUT2D eigenvalue weighted by Gasteiger charge is -2.15. The molecule has 7 heteroatoms. The SMILES string of the molecule is COC(=O)c1ccc(OC(=O)[C@H](C)Oc2ccc(Cl)cc2Cl)cc1. The Hall–Kier alpha value is -2.24. The molecule has 0 N–H and O–H groups in total. The fourth-order valence-corrected chi connectivity index (χ4v) is 2.24. The molecule has 0 unspecified atom stereocenters. The lowest BCUT2D eigenvalue weighted by molar-refractivity contribution is -0.141. The summed E-state index contributed by atoms with van der Waals surface area (Å²) in [5.74, 6) is -0.467.